The summed E-state index contributed by atoms with van der Waals surface area (Å²) < 4.78 is 1.82. The van der Waals surface area contributed by atoms with Crippen molar-refractivity contribution in [1.29, 1.82) is 0 Å². The van der Waals surface area contributed by atoms with Crippen molar-refractivity contribution in [3.63, 3.8) is 0 Å². The third-order valence-electron chi connectivity index (χ3n) is 4.56. The Morgan fingerprint density at radius 1 is 1.39 bits per heavy atom. The molecular formula is C17H32IN5. The van der Waals surface area contributed by atoms with E-state index >= 15 is 0 Å². The number of aliphatic imine (C=N–C) groups is 1. The lowest BCUT2D eigenvalue weighted by molar-refractivity contribution is 0.322. The first-order valence-corrected chi connectivity index (χ1v) is 8.62. The molecule has 0 aromatic carbocycles. The number of rotatable bonds is 6. The molecule has 0 bridgehead atoms. The fourth-order valence-corrected chi connectivity index (χ4v) is 3.21. The minimum atomic E-state index is 0. The van der Waals surface area contributed by atoms with Crippen LogP contribution < -0.4 is 10.6 Å². The van der Waals surface area contributed by atoms with Gasteiger partial charge in [-0.1, -0.05) is 32.1 Å². The lowest BCUT2D eigenvalue weighted by Gasteiger charge is -2.24. The van der Waals surface area contributed by atoms with Gasteiger partial charge >= 0.3 is 0 Å². The van der Waals surface area contributed by atoms with Crippen molar-refractivity contribution in [3.8, 4) is 0 Å². The molecule has 1 unspecified atom stereocenters. The average molecular weight is 433 g/mol. The van der Waals surface area contributed by atoms with Crippen LogP contribution in [0.1, 0.15) is 57.4 Å². The summed E-state index contributed by atoms with van der Waals surface area (Å²) >= 11 is 0. The van der Waals surface area contributed by atoms with Crippen molar-refractivity contribution in [3.05, 3.63) is 18.0 Å². The number of aryl methyl sites for hydroxylation is 1. The molecule has 1 fully saturated rings. The van der Waals surface area contributed by atoms with Gasteiger partial charge in [-0.05, 0) is 25.7 Å². The smallest absolute Gasteiger partial charge is 0.191 e. The molecule has 2 N–H and O–H groups in total. The van der Waals surface area contributed by atoms with Gasteiger partial charge in [0, 0.05) is 38.4 Å². The van der Waals surface area contributed by atoms with Crippen LogP contribution in [0.15, 0.2) is 17.4 Å². The first-order valence-electron chi connectivity index (χ1n) is 8.62. The van der Waals surface area contributed by atoms with Crippen LogP contribution in [0.2, 0.25) is 0 Å². The number of aromatic nitrogens is 2. The van der Waals surface area contributed by atoms with Crippen molar-refractivity contribution in [1.82, 2.24) is 20.4 Å². The summed E-state index contributed by atoms with van der Waals surface area (Å²) in [4.78, 5) is 4.31. The van der Waals surface area contributed by atoms with E-state index in [0.717, 1.165) is 18.4 Å². The molecule has 1 aromatic rings. The van der Waals surface area contributed by atoms with Crippen molar-refractivity contribution in [2.24, 2.45) is 18.0 Å². The van der Waals surface area contributed by atoms with Crippen molar-refractivity contribution in [2.75, 3.05) is 7.05 Å². The fraction of sp³-hybridized carbons (Fsp3) is 0.765. The van der Waals surface area contributed by atoms with Gasteiger partial charge in [0.25, 0.3) is 0 Å². The molecule has 0 spiro atoms. The molecule has 0 aliphatic heterocycles. The van der Waals surface area contributed by atoms with E-state index in [1.165, 1.54) is 50.5 Å². The van der Waals surface area contributed by atoms with Crippen LogP contribution in [0.5, 0.6) is 0 Å². The Labute approximate surface area is 157 Å². The summed E-state index contributed by atoms with van der Waals surface area (Å²) in [6.07, 6.45) is 13.6. The summed E-state index contributed by atoms with van der Waals surface area (Å²) in [5.74, 6) is 1.82. The summed E-state index contributed by atoms with van der Waals surface area (Å²) in [6, 6.07) is 0.460. The van der Waals surface area contributed by atoms with Crippen molar-refractivity contribution in [2.45, 2.75) is 64.5 Å². The topological polar surface area (TPSA) is 54.2 Å². The Hall–Kier alpha value is -0.790. The van der Waals surface area contributed by atoms with Crippen molar-refractivity contribution >= 4 is 29.9 Å². The van der Waals surface area contributed by atoms with E-state index in [4.69, 9.17) is 0 Å². The molecule has 1 saturated carbocycles. The molecule has 0 radical (unpaired) electrons. The standard InChI is InChI=1S/C17H31N5.HI/c1-14(9-10-15-7-5-4-6-8-15)21-17(18-2)19-11-16-12-20-22(3)13-16;/h12-15H,4-11H2,1-3H3,(H2,18,19,21);1H. The highest BCUT2D eigenvalue weighted by Gasteiger charge is 2.15. The fourth-order valence-electron chi connectivity index (χ4n) is 3.21. The highest BCUT2D eigenvalue weighted by Crippen LogP contribution is 2.27. The molecule has 1 aromatic heterocycles. The van der Waals surface area contributed by atoms with Gasteiger partial charge in [-0.3, -0.25) is 9.67 Å². The number of hydrogen-bond donors (Lipinski definition) is 2. The van der Waals surface area contributed by atoms with Gasteiger partial charge in [0.15, 0.2) is 5.96 Å². The van der Waals surface area contributed by atoms with Crippen LogP contribution in [-0.2, 0) is 13.6 Å². The molecule has 23 heavy (non-hydrogen) atoms. The van der Waals surface area contributed by atoms with E-state index in [1.807, 2.05) is 31.2 Å². The van der Waals surface area contributed by atoms with Crippen LogP contribution in [0, 0.1) is 5.92 Å². The zero-order valence-corrected chi connectivity index (χ0v) is 17.0. The van der Waals surface area contributed by atoms with E-state index in [1.54, 1.807) is 0 Å². The molecule has 5 nitrogen and oxygen atoms in total. The molecule has 6 heteroatoms. The Kier molecular flexibility index (Phi) is 9.59. The molecule has 1 atom stereocenters. The van der Waals surface area contributed by atoms with E-state index in [-0.39, 0.29) is 24.0 Å². The molecule has 132 valence electrons. The van der Waals surface area contributed by atoms with Crippen molar-refractivity contribution < 1.29 is 0 Å². The van der Waals surface area contributed by atoms with Crippen LogP contribution in [-0.4, -0.2) is 28.8 Å². The third-order valence-corrected chi connectivity index (χ3v) is 4.56. The summed E-state index contributed by atoms with van der Waals surface area (Å²) in [5.41, 5.74) is 1.17. The monoisotopic (exact) mass is 433 g/mol. The molecule has 2 rings (SSSR count). The zero-order chi connectivity index (χ0) is 15.8. The second-order valence-electron chi connectivity index (χ2n) is 6.57. The maximum atomic E-state index is 4.31. The number of guanidine groups is 1. The Morgan fingerprint density at radius 3 is 2.74 bits per heavy atom. The highest BCUT2D eigenvalue weighted by molar-refractivity contribution is 14.0. The molecule has 1 heterocycles. The minimum Gasteiger partial charge on any atom is -0.354 e. The Morgan fingerprint density at radius 2 is 2.13 bits per heavy atom. The third kappa shape index (κ3) is 7.54. The maximum Gasteiger partial charge on any atom is 0.191 e. The summed E-state index contributed by atoms with van der Waals surface area (Å²) in [6.45, 7) is 3.00. The maximum absolute atomic E-state index is 4.31. The van der Waals surface area contributed by atoms with Gasteiger partial charge in [-0.2, -0.15) is 5.10 Å². The number of nitrogens with zero attached hydrogens (tertiary/aromatic N) is 3. The minimum absolute atomic E-state index is 0. The molecule has 0 saturated heterocycles. The first-order chi connectivity index (χ1) is 10.7. The van der Waals surface area contributed by atoms with Gasteiger partial charge in [-0.25, -0.2) is 0 Å². The Balaban J connectivity index is 0.00000264. The number of halogens is 1. The molecular weight excluding hydrogens is 401 g/mol. The number of nitrogens with one attached hydrogen (secondary N) is 2. The van der Waals surface area contributed by atoms with E-state index < -0.39 is 0 Å². The van der Waals surface area contributed by atoms with Crippen LogP contribution in [0.3, 0.4) is 0 Å². The van der Waals surface area contributed by atoms with Gasteiger partial charge in [0.2, 0.25) is 0 Å². The number of hydrogen-bond acceptors (Lipinski definition) is 2. The predicted molar refractivity (Wildman–Crippen MR) is 107 cm³/mol. The molecule has 0 amide bonds. The SMILES string of the molecule is CN=C(NCc1cnn(C)c1)NC(C)CCC1CCCCC1.I. The first kappa shape index (κ1) is 20.3. The summed E-state index contributed by atoms with van der Waals surface area (Å²) in [7, 11) is 3.76. The van der Waals surface area contributed by atoms with Gasteiger partial charge in [0.1, 0.15) is 0 Å². The normalized spacial score (nSPS) is 17.4. The van der Waals surface area contributed by atoms with Gasteiger partial charge < -0.3 is 10.6 Å². The average Bonchev–Trinajstić information content (AvgIpc) is 2.96. The molecule has 1 aliphatic rings. The van der Waals surface area contributed by atoms with E-state index in [0.29, 0.717) is 6.04 Å². The Bertz CT molecular complexity index is 465. The predicted octanol–water partition coefficient (Wildman–Crippen LogP) is 3.45. The van der Waals surface area contributed by atoms with Crippen LogP contribution in [0.25, 0.3) is 0 Å². The van der Waals surface area contributed by atoms with Crippen LogP contribution in [0.4, 0.5) is 0 Å². The highest BCUT2D eigenvalue weighted by atomic mass is 127. The van der Waals surface area contributed by atoms with Gasteiger partial charge in [0.05, 0.1) is 6.20 Å². The van der Waals surface area contributed by atoms with Gasteiger partial charge in [-0.15, -0.1) is 24.0 Å². The molecule has 1 aliphatic carbocycles. The van der Waals surface area contributed by atoms with Crippen LogP contribution >= 0.6 is 24.0 Å². The quantitative estimate of drug-likeness (QED) is 0.411. The summed E-state index contributed by atoms with van der Waals surface area (Å²) in [5, 5.41) is 11.0. The second kappa shape index (κ2) is 10.9. The zero-order valence-electron chi connectivity index (χ0n) is 14.7. The van der Waals surface area contributed by atoms with E-state index in [9.17, 15) is 0 Å². The largest absolute Gasteiger partial charge is 0.354 e. The van der Waals surface area contributed by atoms with E-state index in [2.05, 4.69) is 27.6 Å². The second-order valence-corrected chi connectivity index (χ2v) is 6.57. The lowest BCUT2D eigenvalue weighted by atomic mass is 9.85. The lowest BCUT2D eigenvalue weighted by Crippen LogP contribution is -2.42.